The van der Waals surface area contributed by atoms with E-state index >= 15 is 0 Å². The monoisotopic (exact) mass is 157 g/mol. The summed E-state index contributed by atoms with van der Waals surface area (Å²) in [6, 6.07) is 0. The summed E-state index contributed by atoms with van der Waals surface area (Å²) in [5.41, 5.74) is 1.18. The molecule has 0 aliphatic carbocycles. The van der Waals surface area contributed by atoms with Gasteiger partial charge in [-0.2, -0.15) is 11.8 Å². The molecule has 0 saturated heterocycles. The van der Waals surface area contributed by atoms with Crippen LogP contribution < -0.4 is 0 Å². The molecule has 0 aliphatic rings. The second kappa shape index (κ2) is 6.87. The van der Waals surface area contributed by atoms with E-state index in [2.05, 4.69) is 18.0 Å². The molecular weight excluding hydrogens is 142 g/mol. The van der Waals surface area contributed by atoms with E-state index in [9.17, 15) is 0 Å². The predicted molar refractivity (Wildman–Crippen MR) is 50.9 cm³/mol. The summed E-state index contributed by atoms with van der Waals surface area (Å²) < 4.78 is 0. The van der Waals surface area contributed by atoms with Gasteiger partial charge in [0.1, 0.15) is 0 Å². The average Bonchev–Trinajstić information content (AvgIpc) is 1.98. The quantitative estimate of drug-likeness (QED) is 0.572. The lowest BCUT2D eigenvalue weighted by Gasteiger charge is -1.96. The van der Waals surface area contributed by atoms with Gasteiger partial charge in [-0.15, -0.1) is 0 Å². The van der Waals surface area contributed by atoms with Crippen molar-refractivity contribution in [3.63, 3.8) is 0 Å². The van der Waals surface area contributed by atoms with Crippen LogP contribution in [0.1, 0.15) is 20.8 Å². The first-order chi connectivity index (χ1) is 4.85. The Morgan fingerprint density at radius 2 is 2.20 bits per heavy atom. The molecule has 0 aromatic rings. The van der Waals surface area contributed by atoms with Crippen molar-refractivity contribution < 1.29 is 0 Å². The fourth-order valence-corrected chi connectivity index (χ4v) is 1.22. The molecule has 58 valence electrons. The lowest BCUT2D eigenvalue weighted by atomic mass is 10.5. The molecule has 0 amide bonds. The van der Waals surface area contributed by atoms with Crippen molar-refractivity contribution in [3.8, 4) is 0 Å². The van der Waals surface area contributed by atoms with Crippen molar-refractivity contribution in [2.45, 2.75) is 20.8 Å². The van der Waals surface area contributed by atoms with Crippen molar-refractivity contribution in [1.29, 1.82) is 0 Å². The Morgan fingerprint density at radius 3 is 2.60 bits per heavy atom. The van der Waals surface area contributed by atoms with E-state index in [0.29, 0.717) is 0 Å². The zero-order chi connectivity index (χ0) is 7.82. The van der Waals surface area contributed by atoms with E-state index in [1.54, 1.807) is 0 Å². The lowest BCUT2D eigenvalue weighted by Crippen LogP contribution is -1.83. The van der Waals surface area contributed by atoms with Crippen LogP contribution in [0.25, 0.3) is 0 Å². The fourth-order valence-electron chi connectivity index (χ4n) is 0.568. The first-order valence-corrected chi connectivity index (χ1v) is 4.72. The Balaban J connectivity index is 3.62. The maximum atomic E-state index is 4.20. The number of thioether (sulfide) groups is 1. The molecule has 0 saturated carbocycles. The van der Waals surface area contributed by atoms with Crippen LogP contribution in [0.4, 0.5) is 0 Å². The Bertz CT molecular complexity index is 127. The third-order valence-electron chi connectivity index (χ3n) is 1.08. The largest absolute Gasteiger partial charge is 0.265 e. The van der Waals surface area contributed by atoms with E-state index in [4.69, 9.17) is 0 Å². The molecular formula is C8H15NS. The van der Waals surface area contributed by atoms with Gasteiger partial charge in [-0.25, -0.2) is 0 Å². The smallest absolute Gasteiger partial charge is 0.0455 e. The van der Waals surface area contributed by atoms with Crippen LogP contribution in [0.15, 0.2) is 16.8 Å². The molecule has 0 fully saturated rings. The molecule has 0 atom stereocenters. The van der Waals surface area contributed by atoms with Gasteiger partial charge in [0.2, 0.25) is 0 Å². The van der Waals surface area contributed by atoms with Crippen molar-refractivity contribution in [2.75, 3.05) is 11.5 Å². The molecule has 0 aromatic heterocycles. The molecule has 0 N–H and O–H groups in total. The van der Waals surface area contributed by atoms with Gasteiger partial charge in [-0.1, -0.05) is 13.0 Å². The normalized spacial score (nSPS) is 12.9. The highest BCUT2D eigenvalue weighted by atomic mass is 32.2. The van der Waals surface area contributed by atoms with Crippen molar-refractivity contribution in [3.05, 3.63) is 11.8 Å². The van der Waals surface area contributed by atoms with Crippen molar-refractivity contribution in [1.82, 2.24) is 0 Å². The van der Waals surface area contributed by atoms with Gasteiger partial charge in [-0.05, 0) is 19.6 Å². The standard InChI is InChI=1S/C8H15NS/c1-4-8(9-5-2)7-10-6-3/h4-5H,6-7H2,1-3H3/b8-4-,9-5?. The fraction of sp³-hybridized carbons (Fsp3) is 0.625. The van der Waals surface area contributed by atoms with Crippen LogP contribution in [0.2, 0.25) is 0 Å². The summed E-state index contributed by atoms with van der Waals surface area (Å²) in [6.07, 6.45) is 3.90. The number of hydrogen-bond donors (Lipinski definition) is 0. The van der Waals surface area contributed by atoms with E-state index in [1.807, 2.05) is 31.8 Å². The Labute approximate surface area is 67.6 Å². The maximum Gasteiger partial charge on any atom is 0.0455 e. The van der Waals surface area contributed by atoms with Crippen LogP contribution in [0, 0.1) is 0 Å². The molecule has 0 aliphatic heterocycles. The summed E-state index contributed by atoms with van der Waals surface area (Å²) in [5.74, 6) is 2.20. The van der Waals surface area contributed by atoms with Crippen LogP contribution in [0.3, 0.4) is 0 Å². The zero-order valence-corrected chi connectivity index (χ0v) is 7.74. The number of aliphatic imine (C=N–C) groups is 1. The molecule has 0 radical (unpaired) electrons. The molecule has 0 unspecified atom stereocenters. The highest BCUT2D eigenvalue weighted by molar-refractivity contribution is 7.99. The highest BCUT2D eigenvalue weighted by Gasteiger charge is 1.89. The highest BCUT2D eigenvalue weighted by Crippen LogP contribution is 2.07. The second-order valence-corrected chi connectivity index (χ2v) is 3.08. The van der Waals surface area contributed by atoms with Crippen molar-refractivity contribution in [2.24, 2.45) is 4.99 Å². The number of hydrogen-bond acceptors (Lipinski definition) is 2. The zero-order valence-electron chi connectivity index (χ0n) is 6.92. The van der Waals surface area contributed by atoms with E-state index in [1.165, 1.54) is 5.70 Å². The second-order valence-electron chi connectivity index (χ2n) is 1.80. The van der Waals surface area contributed by atoms with Gasteiger partial charge >= 0.3 is 0 Å². The molecule has 0 bridgehead atoms. The van der Waals surface area contributed by atoms with Gasteiger partial charge in [0.05, 0.1) is 0 Å². The predicted octanol–water partition coefficient (Wildman–Crippen LogP) is 2.73. The molecule has 0 rings (SSSR count). The molecule has 0 heterocycles. The van der Waals surface area contributed by atoms with Gasteiger partial charge in [0.15, 0.2) is 0 Å². The Kier molecular flexibility index (Phi) is 6.71. The molecule has 1 nitrogen and oxygen atoms in total. The number of allylic oxidation sites excluding steroid dienone is 1. The summed E-state index contributed by atoms with van der Waals surface area (Å²) in [7, 11) is 0. The minimum absolute atomic E-state index is 1.04. The van der Waals surface area contributed by atoms with Gasteiger partial charge < -0.3 is 0 Å². The van der Waals surface area contributed by atoms with Gasteiger partial charge in [-0.3, -0.25) is 4.99 Å². The summed E-state index contributed by atoms with van der Waals surface area (Å²) >= 11 is 1.90. The Hall–Kier alpha value is -0.240. The van der Waals surface area contributed by atoms with Crippen LogP contribution >= 0.6 is 11.8 Å². The van der Waals surface area contributed by atoms with E-state index in [-0.39, 0.29) is 0 Å². The summed E-state index contributed by atoms with van der Waals surface area (Å²) in [6.45, 7) is 6.13. The minimum Gasteiger partial charge on any atom is -0.265 e. The Morgan fingerprint density at radius 1 is 1.50 bits per heavy atom. The topological polar surface area (TPSA) is 12.4 Å². The SMILES string of the molecule is CC=N/C(=C\C)CSCC. The number of rotatable bonds is 4. The van der Waals surface area contributed by atoms with Crippen molar-refractivity contribution >= 4 is 18.0 Å². The van der Waals surface area contributed by atoms with Gasteiger partial charge in [0.25, 0.3) is 0 Å². The van der Waals surface area contributed by atoms with Crippen LogP contribution in [-0.4, -0.2) is 17.7 Å². The van der Waals surface area contributed by atoms with Gasteiger partial charge in [0, 0.05) is 17.7 Å². The average molecular weight is 157 g/mol. The molecule has 0 aromatic carbocycles. The first-order valence-electron chi connectivity index (χ1n) is 3.56. The third kappa shape index (κ3) is 4.62. The minimum atomic E-state index is 1.04. The third-order valence-corrected chi connectivity index (χ3v) is 1.99. The van der Waals surface area contributed by atoms with Crippen LogP contribution in [-0.2, 0) is 0 Å². The summed E-state index contributed by atoms with van der Waals surface area (Å²) in [4.78, 5) is 4.20. The lowest BCUT2D eigenvalue weighted by molar-refractivity contribution is 1.30. The molecule has 10 heavy (non-hydrogen) atoms. The summed E-state index contributed by atoms with van der Waals surface area (Å²) in [5, 5.41) is 0. The molecule has 2 heteroatoms. The molecule has 0 spiro atoms. The van der Waals surface area contributed by atoms with E-state index < -0.39 is 0 Å². The van der Waals surface area contributed by atoms with Crippen LogP contribution in [0.5, 0.6) is 0 Å². The number of nitrogens with zero attached hydrogens (tertiary/aromatic N) is 1. The first kappa shape index (κ1) is 9.76. The maximum absolute atomic E-state index is 4.20. The van der Waals surface area contributed by atoms with E-state index in [0.717, 1.165) is 11.5 Å².